The highest BCUT2D eigenvalue weighted by Crippen LogP contribution is 2.31. The zero-order valence-corrected chi connectivity index (χ0v) is 19.4. The van der Waals surface area contributed by atoms with Crippen LogP contribution in [0.15, 0.2) is 57.9 Å². The van der Waals surface area contributed by atoms with Crippen LogP contribution in [0.25, 0.3) is 0 Å². The van der Waals surface area contributed by atoms with Crippen LogP contribution in [0, 0.1) is 5.82 Å². The van der Waals surface area contributed by atoms with Gasteiger partial charge in [0.05, 0.1) is 11.5 Å². The van der Waals surface area contributed by atoms with Gasteiger partial charge in [0.1, 0.15) is 16.7 Å². The fraction of sp³-hybridized carbons (Fsp3) is 0.381. The summed E-state index contributed by atoms with van der Waals surface area (Å²) in [4.78, 5) is 13.7. The lowest BCUT2D eigenvalue weighted by atomic mass is 10.1. The maximum Gasteiger partial charge on any atom is 0.410 e. The number of amides is 1. The molecular weight excluding hydrogens is 477 g/mol. The van der Waals surface area contributed by atoms with Crippen LogP contribution in [-0.4, -0.2) is 49.8 Å². The van der Waals surface area contributed by atoms with Crippen molar-refractivity contribution in [2.24, 2.45) is 0 Å². The third-order valence-electron chi connectivity index (χ3n) is 4.17. The van der Waals surface area contributed by atoms with E-state index in [2.05, 4.69) is 15.9 Å². The van der Waals surface area contributed by atoms with E-state index in [1.807, 2.05) is 0 Å². The van der Waals surface area contributed by atoms with Crippen molar-refractivity contribution < 1.29 is 27.4 Å². The van der Waals surface area contributed by atoms with Crippen molar-refractivity contribution in [3.05, 3.63) is 64.4 Å². The smallest absolute Gasteiger partial charge is 0.410 e. The first kappa shape index (κ1) is 24.3. The molecular formula is C21H25BrFNO5S. The summed E-state index contributed by atoms with van der Waals surface area (Å²) < 4.78 is 46.3. The number of benzene rings is 2. The molecule has 0 bridgehead atoms. The number of nitrogens with zero attached hydrogens (tertiary/aromatic N) is 1. The minimum atomic E-state index is -3.99. The van der Waals surface area contributed by atoms with Gasteiger partial charge in [-0.1, -0.05) is 28.1 Å². The molecule has 1 amide bonds. The molecule has 0 fully saturated rings. The molecule has 164 valence electrons. The van der Waals surface area contributed by atoms with Crippen molar-refractivity contribution in [3.8, 4) is 0 Å². The monoisotopic (exact) mass is 501 g/mol. The Labute approximate surface area is 184 Å². The summed E-state index contributed by atoms with van der Waals surface area (Å²) in [5.41, 5.74) is -0.331. The number of aliphatic hydroxyl groups is 1. The van der Waals surface area contributed by atoms with E-state index >= 15 is 0 Å². The van der Waals surface area contributed by atoms with E-state index in [0.29, 0.717) is 5.56 Å². The van der Waals surface area contributed by atoms with E-state index in [4.69, 9.17) is 4.74 Å². The first-order chi connectivity index (χ1) is 13.9. The van der Waals surface area contributed by atoms with Gasteiger partial charge in [-0.05, 0) is 62.7 Å². The van der Waals surface area contributed by atoms with Gasteiger partial charge < -0.3 is 14.7 Å². The molecule has 1 unspecified atom stereocenters. The molecule has 0 aliphatic carbocycles. The van der Waals surface area contributed by atoms with E-state index in [1.165, 1.54) is 17.0 Å². The van der Waals surface area contributed by atoms with E-state index in [-0.39, 0.29) is 24.6 Å². The first-order valence-corrected chi connectivity index (χ1v) is 11.6. The van der Waals surface area contributed by atoms with Gasteiger partial charge in [-0.15, -0.1) is 0 Å². The molecule has 2 rings (SSSR count). The van der Waals surface area contributed by atoms with E-state index in [1.54, 1.807) is 45.0 Å². The van der Waals surface area contributed by atoms with Crippen molar-refractivity contribution in [1.29, 1.82) is 0 Å². The van der Waals surface area contributed by atoms with Crippen LogP contribution in [0.2, 0.25) is 0 Å². The van der Waals surface area contributed by atoms with Crippen LogP contribution >= 0.6 is 15.9 Å². The Bertz CT molecular complexity index is 956. The van der Waals surface area contributed by atoms with Crippen molar-refractivity contribution in [3.63, 3.8) is 0 Å². The van der Waals surface area contributed by atoms with Crippen LogP contribution in [0.1, 0.15) is 31.6 Å². The Hall–Kier alpha value is -1.97. The van der Waals surface area contributed by atoms with Gasteiger partial charge in [-0.2, -0.15) is 0 Å². The number of carbonyl (C=O) groups excluding carboxylic acids is 1. The molecule has 30 heavy (non-hydrogen) atoms. The maximum absolute atomic E-state index is 13.4. The number of hydrogen-bond donors (Lipinski definition) is 1. The Morgan fingerprint density at radius 3 is 2.20 bits per heavy atom. The molecule has 0 aliphatic heterocycles. The Kier molecular flexibility index (Phi) is 8.01. The van der Waals surface area contributed by atoms with E-state index in [0.717, 1.165) is 16.6 Å². The molecule has 1 atom stereocenters. The third kappa shape index (κ3) is 6.52. The fourth-order valence-corrected chi connectivity index (χ4v) is 4.75. The Morgan fingerprint density at radius 1 is 1.13 bits per heavy atom. The summed E-state index contributed by atoms with van der Waals surface area (Å²) in [6.07, 6.45) is -0.729. The minimum absolute atomic E-state index is 0.0649. The highest BCUT2D eigenvalue weighted by molar-refractivity contribution is 9.10. The van der Waals surface area contributed by atoms with Crippen LogP contribution in [0.4, 0.5) is 9.18 Å². The van der Waals surface area contributed by atoms with Crippen LogP contribution in [0.5, 0.6) is 0 Å². The van der Waals surface area contributed by atoms with Crippen LogP contribution < -0.4 is 0 Å². The van der Waals surface area contributed by atoms with Crippen molar-refractivity contribution >= 4 is 31.9 Å². The number of hydrogen-bond acceptors (Lipinski definition) is 5. The lowest BCUT2D eigenvalue weighted by molar-refractivity contribution is 0.0219. The molecule has 1 N–H and O–H groups in total. The second-order valence-electron chi connectivity index (χ2n) is 7.69. The normalized spacial score (nSPS) is 13.0. The molecule has 6 nitrogen and oxygen atoms in total. The van der Waals surface area contributed by atoms with Gasteiger partial charge in [-0.3, -0.25) is 0 Å². The van der Waals surface area contributed by atoms with Crippen molar-refractivity contribution in [1.82, 2.24) is 4.90 Å². The third-order valence-corrected chi connectivity index (χ3v) is 6.79. The second kappa shape index (κ2) is 9.89. The standard InChI is InChI=1S/C21H25BrFNO5S/c1-21(2,3)29-20(26)24(12-13-25)14-19(15-4-6-16(22)7-5-15)30(27,28)18-10-8-17(23)9-11-18/h4-11,19,25H,12-14H2,1-3H3. The second-order valence-corrected chi connectivity index (χ2v) is 10.7. The predicted octanol–water partition coefficient (Wildman–Crippen LogP) is 4.33. The molecule has 0 spiro atoms. The zero-order chi connectivity index (χ0) is 22.5. The number of carbonyl (C=O) groups is 1. The highest BCUT2D eigenvalue weighted by atomic mass is 79.9. The Balaban J connectivity index is 2.48. The number of sulfone groups is 1. The summed E-state index contributed by atoms with van der Waals surface area (Å²) in [6.45, 7) is 4.40. The number of rotatable bonds is 7. The average Bonchev–Trinajstić information content (AvgIpc) is 2.65. The lowest BCUT2D eigenvalue weighted by Gasteiger charge is -2.30. The fourth-order valence-electron chi connectivity index (χ4n) is 2.75. The minimum Gasteiger partial charge on any atom is -0.444 e. The predicted molar refractivity (Wildman–Crippen MR) is 115 cm³/mol. The molecule has 2 aromatic rings. The van der Waals surface area contributed by atoms with Gasteiger partial charge in [0.15, 0.2) is 9.84 Å². The molecule has 0 radical (unpaired) electrons. The van der Waals surface area contributed by atoms with E-state index in [9.17, 15) is 22.7 Å². The molecule has 0 aliphatic rings. The quantitative estimate of drug-likeness (QED) is 0.570. The van der Waals surface area contributed by atoms with E-state index < -0.39 is 32.6 Å². The highest BCUT2D eigenvalue weighted by Gasteiger charge is 2.34. The zero-order valence-electron chi connectivity index (χ0n) is 17.0. The lowest BCUT2D eigenvalue weighted by Crippen LogP contribution is -2.42. The molecule has 9 heteroatoms. The van der Waals surface area contributed by atoms with Gasteiger partial charge in [0, 0.05) is 17.6 Å². The topological polar surface area (TPSA) is 83.9 Å². The van der Waals surface area contributed by atoms with Gasteiger partial charge in [-0.25, -0.2) is 17.6 Å². The molecule has 0 heterocycles. The number of ether oxygens (including phenoxy) is 1. The first-order valence-electron chi connectivity index (χ1n) is 9.28. The molecule has 0 aromatic heterocycles. The van der Waals surface area contributed by atoms with Crippen LogP contribution in [-0.2, 0) is 14.6 Å². The van der Waals surface area contributed by atoms with Gasteiger partial charge >= 0.3 is 6.09 Å². The molecule has 0 saturated carbocycles. The summed E-state index contributed by atoms with van der Waals surface area (Å²) in [7, 11) is -3.99. The molecule has 2 aromatic carbocycles. The number of halogens is 2. The van der Waals surface area contributed by atoms with Crippen molar-refractivity contribution in [2.75, 3.05) is 19.7 Å². The average molecular weight is 502 g/mol. The maximum atomic E-state index is 13.4. The van der Waals surface area contributed by atoms with Crippen LogP contribution in [0.3, 0.4) is 0 Å². The van der Waals surface area contributed by atoms with Crippen molar-refractivity contribution in [2.45, 2.75) is 36.5 Å². The molecule has 0 saturated heterocycles. The van der Waals surface area contributed by atoms with Gasteiger partial charge in [0.2, 0.25) is 0 Å². The number of aliphatic hydroxyl groups excluding tert-OH is 1. The summed E-state index contributed by atoms with van der Waals surface area (Å²) in [5, 5.41) is 8.26. The Morgan fingerprint density at radius 2 is 1.70 bits per heavy atom. The summed E-state index contributed by atoms with van der Waals surface area (Å²) in [5.74, 6) is -0.551. The van der Waals surface area contributed by atoms with Gasteiger partial charge in [0.25, 0.3) is 0 Å². The largest absolute Gasteiger partial charge is 0.444 e. The SMILES string of the molecule is CC(C)(C)OC(=O)N(CCO)CC(c1ccc(Br)cc1)S(=O)(=O)c1ccc(F)cc1. The summed E-state index contributed by atoms with van der Waals surface area (Å²) >= 11 is 3.32. The summed E-state index contributed by atoms with van der Waals surface area (Å²) in [6, 6.07) is 11.2.